The lowest BCUT2D eigenvalue weighted by molar-refractivity contribution is 0.0953. The van der Waals surface area contributed by atoms with Crippen LogP contribution in [0.25, 0.3) is 0 Å². The molecule has 1 heterocycles. The largest absolute Gasteiger partial charge is 0.352 e. The number of halogens is 3. The Morgan fingerprint density at radius 2 is 1.80 bits per heavy atom. The molecule has 0 aliphatic heterocycles. The van der Waals surface area contributed by atoms with E-state index in [-0.39, 0.29) is 18.5 Å². The van der Waals surface area contributed by atoms with Crippen LogP contribution in [0.15, 0.2) is 36.5 Å². The van der Waals surface area contributed by atoms with Gasteiger partial charge in [-0.25, -0.2) is 13.8 Å². The van der Waals surface area contributed by atoms with Crippen molar-refractivity contribution in [1.29, 1.82) is 0 Å². The van der Waals surface area contributed by atoms with Gasteiger partial charge >= 0.3 is 0 Å². The monoisotopic (exact) mass is 280 g/mol. The molecule has 0 radical (unpaired) electrons. The number of rotatable bonds is 4. The zero-order chi connectivity index (χ0) is 14.5. The van der Waals surface area contributed by atoms with E-state index < -0.39 is 23.5 Å². The summed E-state index contributed by atoms with van der Waals surface area (Å²) in [6, 6.07) is 5.58. The molecule has 1 N–H and O–H groups in total. The number of nitrogens with one attached hydrogen (secondary N) is 1. The van der Waals surface area contributed by atoms with Crippen molar-refractivity contribution < 1.29 is 18.0 Å². The number of pyridine rings is 1. The molecular weight excluding hydrogens is 269 g/mol. The maximum absolute atomic E-state index is 12.9. The summed E-state index contributed by atoms with van der Waals surface area (Å²) in [5, 5.41) is 2.56. The number of hydrogen-bond donors (Lipinski definition) is 1. The molecule has 0 saturated heterocycles. The van der Waals surface area contributed by atoms with Gasteiger partial charge in [-0.15, -0.1) is 0 Å². The summed E-state index contributed by atoms with van der Waals surface area (Å²) in [6.07, 6.45) is 1.40. The van der Waals surface area contributed by atoms with Crippen LogP contribution in [0.5, 0.6) is 0 Å². The predicted octanol–water partition coefficient (Wildman–Crippen LogP) is 2.47. The Balaban J connectivity index is 1.89. The fraction of sp³-hybridized carbons (Fsp3) is 0.143. The standard InChI is InChI=1S/C14H11F3N2O/c15-11-5-9(6-12(16)7-11)3-4-18-14(20)10-1-2-13(17)19-8-10/h1-2,5-8H,3-4H2,(H,18,20). The molecular formula is C14H11F3N2O. The van der Waals surface area contributed by atoms with Crippen molar-refractivity contribution in [2.24, 2.45) is 0 Å². The summed E-state index contributed by atoms with van der Waals surface area (Å²) < 4.78 is 38.5. The molecule has 0 spiro atoms. The summed E-state index contributed by atoms with van der Waals surface area (Å²) in [5.41, 5.74) is 0.664. The fourth-order valence-electron chi connectivity index (χ4n) is 1.69. The van der Waals surface area contributed by atoms with E-state index in [0.717, 1.165) is 18.3 Å². The lowest BCUT2D eigenvalue weighted by atomic mass is 10.1. The number of amides is 1. The fourth-order valence-corrected chi connectivity index (χ4v) is 1.69. The zero-order valence-corrected chi connectivity index (χ0v) is 10.4. The molecule has 0 atom stereocenters. The average molecular weight is 280 g/mol. The van der Waals surface area contributed by atoms with E-state index in [1.54, 1.807) is 0 Å². The third-order valence-electron chi connectivity index (χ3n) is 2.61. The molecule has 0 bridgehead atoms. The number of aromatic nitrogens is 1. The molecule has 20 heavy (non-hydrogen) atoms. The summed E-state index contributed by atoms with van der Waals surface area (Å²) in [6.45, 7) is 0.207. The van der Waals surface area contributed by atoms with Gasteiger partial charge in [0, 0.05) is 18.8 Å². The molecule has 0 aliphatic carbocycles. The van der Waals surface area contributed by atoms with Gasteiger partial charge in [-0.2, -0.15) is 4.39 Å². The number of carbonyl (C=O) groups excluding carboxylic acids is 1. The van der Waals surface area contributed by atoms with Crippen molar-refractivity contribution >= 4 is 5.91 Å². The second-order valence-corrected chi connectivity index (χ2v) is 4.15. The minimum atomic E-state index is -0.670. The summed E-state index contributed by atoms with van der Waals surface area (Å²) in [7, 11) is 0. The second-order valence-electron chi connectivity index (χ2n) is 4.15. The van der Waals surface area contributed by atoms with E-state index in [1.165, 1.54) is 18.2 Å². The first-order chi connectivity index (χ1) is 9.54. The quantitative estimate of drug-likeness (QED) is 0.874. The minimum Gasteiger partial charge on any atom is -0.352 e. The molecule has 104 valence electrons. The first-order valence-corrected chi connectivity index (χ1v) is 5.89. The Hall–Kier alpha value is -2.37. The highest BCUT2D eigenvalue weighted by Gasteiger charge is 2.06. The lowest BCUT2D eigenvalue weighted by Crippen LogP contribution is -2.25. The zero-order valence-electron chi connectivity index (χ0n) is 10.4. The van der Waals surface area contributed by atoms with E-state index in [9.17, 15) is 18.0 Å². The number of carbonyl (C=O) groups is 1. The molecule has 0 saturated carbocycles. The first-order valence-electron chi connectivity index (χ1n) is 5.89. The smallest absolute Gasteiger partial charge is 0.252 e. The highest BCUT2D eigenvalue weighted by atomic mass is 19.1. The van der Waals surface area contributed by atoms with Gasteiger partial charge in [0.1, 0.15) is 11.6 Å². The predicted molar refractivity (Wildman–Crippen MR) is 66.6 cm³/mol. The van der Waals surface area contributed by atoms with Crippen LogP contribution in [0, 0.1) is 17.6 Å². The molecule has 6 heteroatoms. The maximum Gasteiger partial charge on any atom is 0.252 e. The highest BCUT2D eigenvalue weighted by Crippen LogP contribution is 2.08. The SMILES string of the molecule is O=C(NCCc1cc(F)cc(F)c1)c1ccc(F)nc1. The van der Waals surface area contributed by atoms with Gasteiger partial charge in [0.05, 0.1) is 5.56 Å². The van der Waals surface area contributed by atoms with E-state index in [2.05, 4.69) is 10.3 Å². The van der Waals surface area contributed by atoms with Crippen LogP contribution in [0.4, 0.5) is 13.2 Å². The van der Waals surface area contributed by atoms with Crippen molar-refractivity contribution in [3.8, 4) is 0 Å². The topological polar surface area (TPSA) is 42.0 Å². The third kappa shape index (κ3) is 3.81. The molecule has 3 nitrogen and oxygen atoms in total. The van der Waals surface area contributed by atoms with Crippen molar-refractivity contribution in [3.63, 3.8) is 0 Å². The van der Waals surface area contributed by atoms with Crippen LogP contribution < -0.4 is 5.32 Å². The van der Waals surface area contributed by atoms with Crippen LogP contribution in [-0.4, -0.2) is 17.4 Å². The van der Waals surface area contributed by atoms with E-state index in [1.807, 2.05) is 0 Å². The van der Waals surface area contributed by atoms with Crippen LogP contribution >= 0.6 is 0 Å². The number of hydrogen-bond acceptors (Lipinski definition) is 2. The molecule has 1 amide bonds. The Bertz CT molecular complexity index is 594. The van der Waals surface area contributed by atoms with E-state index in [0.29, 0.717) is 5.56 Å². The van der Waals surface area contributed by atoms with Crippen molar-refractivity contribution in [2.45, 2.75) is 6.42 Å². The van der Waals surface area contributed by atoms with Crippen molar-refractivity contribution in [2.75, 3.05) is 6.54 Å². The molecule has 1 aromatic heterocycles. The van der Waals surface area contributed by atoms with Crippen LogP contribution in [-0.2, 0) is 6.42 Å². The third-order valence-corrected chi connectivity index (χ3v) is 2.61. The molecule has 2 rings (SSSR count). The summed E-state index contributed by atoms with van der Waals surface area (Å²) in [4.78, 5) is 15.0. The molecule has 0 unspecified atom stereocenters. The minimum absolute atomic E-state index is 0.207. The summed E-state index contributed by atoms with van der Waals surface area (Å²) in [5.74, 6) is -2.41. The van der Waals surface area contributed by atoms with Crippen LogP contribution in [0.1, 0.15) is 15.9 Å². The van der Waals surface area contributed by atoms with Crippen LogP contribution in [0.3, 0.4) is 0 Å². The van der Waals surface area contributed by atoms with Crippen LogP contribution in [0.2, 0.25) is 0 Å². The Morgan fingerprint density at radius 1 is 1.10 bits per heavy atom. The summed E-state index contributed by atoms with van der Waals surface area (Å²) >= 11 is 0. The Labute approximate surface area is 113 Å². The van der Waals surface area contributed by atoms with Gasteiger partial charge in [-0.05, 0) is 36.2 Å². The maximum atomic E-state index is 12.9. The van der Waals surface area contributed by atoms with Gasteiger partial charge < -0.3 is 5.32 Å². The number of nitrogens with zero attached hydrogens (tertiary/aromatic N) is 1. The van der Waals surface area contributed by atoms with Crippen molar-refractivity contribution in [1.82, 2.24) is 10.3 Å². The first kappa shape index (κ1) is 14.0. The van der Waals surface area contributed by atoms with Gasteiger partial charge in [-0.3, -0.25) is 4.79 Å². The molecule has 0 fully saturated rings. The van der Waals surface area contributed by atoms with Gasteiger partial charge in [-0.1, -0.05) is 0 Å². The molecule has 2 aromatic rings. The van der Waals surface area contributed by atoms with Gasteiger partial charge in [0.25, 0.3) is 5.91 Å². The van der Waals surface area contributed by atoms with Crippen molar-refractivity contribution in [3.05, 3.63) is 65.2 Å². The molecule has 0 aliphatic rings. The highest BCUT2D eigenvalue weighted by molar-refractivity contribution is 5.93. The Morgan fingerprint density at radius 3 is 2.40 bits per heavy atom. The average Bonchev–Trinajstić information content (AvgIpc) is 2.38. The van der Waals surface area contributed by atoms with E-state index >= 15 is 0 Å². The molecule has 1 aromatic carbocycles. The van der Waals surface area contributed by atoms with E-state index in [4.69, 9.17) is 0 Å². The van der Waals surface area contributed by atoms with Gasteiger partial charge in [0.15, 0.2) is 0 Å². The Kier molecular flexibility index (Phi) is 4.34. The number of benzene rings is 1. The normalized spacial score (nSPS) is 10.3. The lowest BCUT2D eigenvalue weighted by Gasteiger charge is -2.05. The second kappa shape index (κ2) is 6.18. The van der Waals surface area contributed by atoms with Gasteiger partial charge in [0.2, 0.25) is 5.95 Å².